The summed E-state index contributed by atoms with van der Waals surface area (Å²) in [7, 11) is -0.325. The van der Waals surface area contributed by atoms with Gasteiger partial charge in [0.1, 0.15) is 0 Å². The molecule has 1 atom stereocenters. The van der Waals surface area contributed by atoms with Crippen LogP contribution in [0.4, 0.5) is 0 Å². The minimum absolute atomic E-state index is 0.323. The Morgan fingerprint density at radius 1 is 1.12 bits per heavy atom. The summed E-state index contributed by atoms with van der Waals surface area (Å²) in [5.74, 6) is 0.903. The fraction of sp³-hybridized carbons (Fsp3) is 0.750. The highest BCUT2D eigenvalue weighted by Crippen LogP contribution is 2.37. The van der Waals surface area contributed by atoms with Crippen LogP contribution in [0, 0.1) is 0 Å². The molecule has 2 fully saturated rings. The van der Waals surface area contributed by atoms with Crippen molar-refractivity contribution in [2.75, 3.05) is 13.2 Å². The summed E-state index contributed by atoms with van der Waals surface area (Å²) in [5.41, 5.74) is 2.78. The zero-order chi connectivity index (χ0) is 18.2. The second-order valence-corrected chi connectivity index (χ2v) is 8.53. The van der Waals surface area contributed by atoms with Crippen molar-refractivity contribution in [1.29, 1.82) is 0 Å². The molecule has 1 aromatic rings. The van der Waals surface area contributed by atoms with E-state index < -0.39 is 0 Å². The van der Waals surface area contributed by atoms with Crippen LogP contribution in [0.25, 0.3) is 0 Å². The Morgan fingerprint density at radius 3 is 2.28 bits per heavy atom. The molecule has 2 aliphatic heterocycles. The van der Waals surface area contributed by atoms with Gasteiger partial charge in [0, 0.05) is 30.5 Å². The first-order valence-corrected chi connectivity index (χ1v) is 9.68. The molecule has 0 radical (unpaired) electrons. The second kappa shape index (κ2) is 7.01. The van der Waals surface area contributed by atoms with E-state index in [1.165, 1.54) is 5.69 Å². The standard InChI is InChI=1S/C20H32BNO3/c1-7-14(2)17-12-16(21-24-19(3,4)20(5,6)25-21)13-18(22-17)15-8-10-23-11-9-15/h12-15H,7-11H2,1-6H3. The Bertz CT molecular complexity index is 595. The zero-order valence-corrected chi connectivity index (χ0v) is 16.6. The molecule has 1 aromatic heterocycles. The summed E-state index contributed by atoms with van der Waals surface area (Å²) in [5, 5.41) is 0. The van der Waals surface area contributed by atoms with Crippen molar-refractivity contribution < 1.29 is 14.0 Å². The monoisotopic (exact) mass is 345 g/mol. The van der Waals surface area contributed by atoms with Crippen LogP contribution in [0.1, 0.15) is 84.0 Å². The van der Waals surface area contributed by atoms with Crippen LogP contribution in [-0.2, 0) is 14.0 Å². The maximum absolute atomic E-state index is 6.29. The van der Waals surface area contributed by atoms with Gasteiger partial charge in [-0.3, -0.25) is 4.98 Å². The van der Waals surface area contributed by atoms with Crippen molar-refractivity contribution in [3.8, 4) is 0 Å². The molecule has 3 heterocycles. The summed E-state index contributed by atoms with van der Waals surface area (Å²) in [4.78, 5) is 5.01. The number of hydrogen-bond acceptors (Lipinski definition) is 4. The summed E-state index contributed by atoms with van der Waals surface area (Å²) in [6.45, 7) is 14.5. The van der Waals surface area contributed by atoms with Crippen molar-refractivity contribution in [2.24, 2.45) is 0 Å². The molecule has 2 saturated heterocycles. The minimum atomic E-state index is -0.325. The van der Waals surface area contributed by atoms with Crippen molar-refractivity contribution in [3.63, 3.8) is 0 Å². The Labute approximate surface area is 152 Å². The molecule has 138 valence electrons. The average molecular weight is 345 g/mol. The van der Waals surface area contributed by atoms with Crippen molar-refractivity contribution in [1.82, 2.24) is 4.98 Å². The van der Waals surface area contributed by atoms with E-state index in [1.54, 1.807) is 0 Å². The van der Waals surface area contributed by atoms with Gasteiger partial charge in [-0.25, -0.2) is 0 Å². The van der Waals surface area contributed by atoms with Crippen LogP contribution < -0.4 is 5.46 Å². The molecule has 4 nitrogen and oxygen atoms in total. The summed E-state index contributed by atoms with van der Waals surface area (Å²) in [6.07, 6.45) is 3.16. The average Bonchev–Trinajstić information content (AvgIpc) is 2.82. The largest absolute Gasteiger partial charge is 0.494 e. The highest BCUT2D eigenvalue weighted by molar-refractivity contribution is 6.62. The highest BCUT2D eigenvalue weighted by Gasteiger charge is 2.51. The van der Waals surface area contributed by atoms with E-state index in [0.29, 0.717) is 11.8 Å². The lowest BCUT2D eigenvalue weighted by Gasteiger charge is -2.32. The number of hydrogen-bond donors (Lipinski definition) is 0. The highest BCUT2D eigenvalue weighted by atomic mass is 16.7. The van der Waals surface area contributed by atoms with E-state index in [2.05, 4.69) is 53.7 Å². The van der Waals surface area contributed by atoms with Crippen LogP contribution in [0.3, 0.4) is 0 Å². The number of ether oxygens (including phenoxy) is 1. The van der Waals surface area contributed by atoms with Gasteiger partial charge in [-0.1, -0.05) is 13.8 Å². The molecule has 5 heteroatoms. The van der Waals surface area contributed by atoms with Crippen LogP contribution in [0.5, 0.6) is 0 Å². The van der Waals surface area contributed by atoms with Crippen molar-refractivity contribution >= 4 is 12.6 Å². The molecule has 0 bridgehead atoms. The summed E-state index contributed by atoms with van der Waals surface area (Å²) in [6, 6.07) is 4.38. The minimum Gasteiger partial charge on any atom is -0.399 e. The lowest BCUT2D eigenvalue weighted by molar-refractivity contribution is 0.00578. The van der Waals surface area contributed by atoms with Gasteiger partial charge in [0.2, 0.25) is 0 Å². The first kappa shape index (κ1) is 18.9. The maximum atomic E-state index is 6.29. The van der Waals surface area contributed by atoms with Crippen LogP contribution in [-0.4, -0.2) is 36.5 Å². The lowest BCUT2D eigenvalue weighted by Crippen LogP contribution is -2.41. The molecule has 1 unspecified atom stereocenters. The van der Waals surface area contributed by atoms with E-state index in [0.717, 1.165) is 43.6 Å². The molecule has 0 spiro atoms. The van der Waals surface area contributed by atoms with Crippen LogP contribution in [0.15, 0.2) is 12.1 Å². The molecule has 2 aliphatic rings. The number of pyridine rings is 1. The summed E-state index contributed by atoms with van der Waals surface area (Å²) >= 11 is 0. The Hall–Kier alpha value is -0.905. The van der Waals surface area contributed by atoms with Gasteiger partial charge in [0.25, 0.3) is 0 Å². The Balaban J connectivity index is 1.95. The fourth-order valence-electron chi connectivity index (χ4n) is 3.38. The quantitative estimate of drug-likeness (QED) is 0.779. The smallest absolute Gasteiger partial charge is 0.399 e. The van der Waals surface area contributed by atoms with Gasteiger partial charge in [0.05, 0.1) is 11.2 Å². The molecular weight excluding hydrogens is 313 g/mol. The summed E-state index contributed by atoms with van der Waals surface area (Å²) < 4.78 is 18.1. The predicted octanol–water partition coefficient (Wildman–Crippen LogP) is 3.79. The number of rotatable bonds is 4. The molecule has 3 rings (SSSR count). The lowest BCUT2D eigenvalue weighted by atomic mass is 9.77. The third kappa shape index (κ3) is 3.79. The topological polar surface area (TPSA) is 40.6 Å². The van der Waals surface area contributed by atoms with Gasteiger partial charge < -0.3 is 14.0 Å². The third-order valence-electron chi connectivity index (χ3n) is 6.17. The van der Waals surface area contributed by atoms with E-state index >= 15 is 0 Å². The van der Waals surface area contributed by atoms with Gasteiger partial charge in [-0.15, -0.1) is 0 Å². The zero-order valence-electron chi connectivity index (χ0n) is 16.6. The fourth-order valence-corrected chi connectivity index (χ4v) is 3.38. The molecule has 0 aromatic carbocycles. The second-order valence-electron chi connectivity index (χ2n) is 8.53. The van der Waals surface area contributed by atoms with Crippen molar-refractivity contribution in [2.45, 2.75) is 83.8 Å². The van der Waals surface area contributed by atoms with E-state index in [1.807, 2.05) is 0 Å². The SMILES string of the molecule is CCC(C)c1cc(B2OC(C)(C)C(C)(C)O2)cc(C2CCOCC2)n1. The number of nitrogens with zero attached hydrogens (tertiary/aromatic N) is 1. The van der Waals surface area contributed by atoms with Crippen molar-refractivity contribution in [3.05, 3.63) is 23.5 Å². The normalized spacial score (nSPS) is 24.5. The van der Waals surface area contributed by atoms with Crippen LogP contribution in [0.2, 0.25) is 0 Å². The first-order valence-electron chi connectivity index (χ1n) is 9.68. The van der Waals surface area contributed by atoms with E-state index in [-0.39, 0.29) is 18.3 Å². The van der Waals surface area contributed by atoms with Gasteiger partial charge in [0.15, 0.2) is 0 Å². The van der Waals surface area contributed by atoms with E-state index in [9.17, 15) is 0 Å². The maximum Gasteiger partial charge on any atom is 0.494 e. The van der Waals surface area contributed by atoms with E-state index in [4.69, 9.17) is 19.0 Å². The molecule has 0 N–H and O–H groups in total. The molecule has 0 aliphatic carbocycles. The molecule has 0 amide bonds. The Kier molecular flexibility index (Phi) is 5.29. The first-order chi connectivity index (χ1) is 11.7. The number of aromatic nitrogens is 1. The molecular formula is C20H32BNO3. The van der Waals surface area contributed by atoms with Gasteiger partial charge >= 0.3 is 7.12 Å². The van der Waals surface area contributed by atoms with Crippen LogP contribution >= 0.6 is 0 Å². The predicted molar refractivity (Wildman–Crippen MR) is 101 cm³/mol. The van der Waals surface area contributed by atoms with Gasteiger partial charge in [-0.2, -0.15) is 0 Å². The van der Waals surface area contributed by atoms with Gasteiger partial charge in [-0.05, 0) is 70.5 Å². The third-order valence-corrected chi connectivity index (χ3v) is 6.17. The Morgan fingerprint density at radius 2 is 1.72 bits per heavy atom. The molecule has 25 heavy (non-hydrogen) atoms. The molecule has 0 saturated carbocycles.